The zero-order chi connectivity index (χ0) is 19.5. The van der Waals surface area contributed by atoms with Crippen LogP contribution in [0.4, 0.5) is 5.69 Å². The lowest BCUT2D eigenvalue weighted by atomic mass is 10.1. The van der Waals surface area contributed by atoms with Gasteiger partial charge in [-0.25, -0.2) is 9.99 Å². The first-order chi connectivity index (χ1) is 13.6. The number of amides is 2. The van der Waals surface area contributed by atoms with E-state index in [1.165, 1.54) is 5.01 Å². The molecule has 2 amide bonds. The molecule has 2 heterocycles. The predicted octanol–water partition coefficient (Wildman–Crippen LogP) is 3.49. The number of rotatable bonds is 5. The fraction of sp³-hybridized carbons (Fsp3) is 0.238. The van der Waals surface area contributed by atoms with Gasteiger partial charge in [0.15, 0.2) is 11.5 Å². The number of oxazole rings is 1. The number of benzene rings is 2. The number of aryl methyl sites for hydroxylation is 1. The second-order valence-corrected chi connectivity index (χ2v) is 6.64. The summed E-state index contributed by atoms with van der Waals surface area (Å²) in [5.74, 6) is 0.202. The highest BCUT2D eigenvalue weighted by Crippen LogP contribution is 2.20. The van der Waals surface area contributed by atoms with Gasteiger partial charge in [-0.15, -0.1) is 0 Å². The summed E-state index contributed by atoms with van der Waals surface area (Å²) in [4.78, 5) is 28.8. The van der Waals surface area contributed by atoms with Crippen LogP contribution in [-0.4, -0.2) is 34.1 Å². The number of hydrazone groups is 1. The lowest BCUT2D eigenvalue weighted by Crippen LogP contribution is -2.24. The Labute approximate surface area is 162 Å². The average molecular weight is 376 g/mol. The highest BCUT2D eigenvalue weighted by atomic mass is 16.3. The van der Waals surface area contributed by atoms with Crippen molar-refractivity contribution in [3.05, 3.63) is 60.0 Å². The molecular formula is C21H20N4O3. The van der Waals surface area contributed by atoms with E-state index in [4.69, 9.17) is 4.42 Å². The second-order valence-electron chi connectivity index (χ2n) is 6.64. The molecule has 0 bridgehead atoms. The third-order valence-electron chi connectivity index (χ3n) is 4.54. The van der Waals surface area contributed by atoms with Crippen molar-refractivity contribution in [3.8, 4) is 0 Å². The van der Waals surface area contributed by atoms with Gasteiger partial charge in [0, 0.05) is 31.9 Å². The van der Waals surface area contributed by atoms with Crippen molar-refractivity contribution in [1.29, 1.82) is 0 Å². The summed E-state index contributed by atoms with van der Waals surface area (Å²) in [6.07, 6.45) is 0.934. The van der Waals surface area contributed by atoms with Gasteiger partial charge < -0.3 is 9.73 Å². The van der Waals surface area contributed by atoms with Gasteiger partial charge in [0.05, 0.1) is 12.3 Å². The number of carbonyl (C=O) groups is 2. The third-order valence-corrected chi connectivity index (χ3v) is 4.54. The molecule has 0 saturated carbocycles. The molecule has 0 atom stereocenters. The minimum Gasteiger partial charge on any atom is -0.441 e. The fourth-order valence-electron chi connectivity index (χ4n) is 3.16. The number of carbonyl (C=O) groups excluding carboxylic acids is 2. The molecule has 1 aliphatic heterocycles. The Hall–Kier alpha value is -3.48. The first-order valence-electron chi connectivity index (χ1n) is 9.19. The van der Waals surface area contributed by atoms with E-state index in [2.05, 4.69) is 15.4 Å². The molecule has 7 nitrogen and oxygen atoms in total. The molecule has 142 valence electrons. The highest BCUT2D eigenvalue weighted by molar-refractivity contribution is 6.03. The van der Waals surface area contributed by atoms with Crippen molar-refractivity contribution in [1.82, 2.24) is 9.99 Å². The Morgan fingerprint density at radius 3 is 2.79 bits per heavy atom. The van der Waals surface area contributed by atoms with Crippen LogP contribution in [0.1, 0.15) is 30.7 Å². The van der Waals surface area contributed by atoms with Crippen LogP contribution >= 0.6 is 0 Å². The number of hydrogen-bond donors (Lipinski definition) is 1. The van der Waals surface area contributed by atoms with Gasteiger partial charge in [0.2, 0.25) is 11.8 Å². The van der Waals surface area contributed by atoms with Gasteiger partial charge in [0.25, 0.3) is 0 Å². The molecule has 1 N–H and O–H groups in total. The Morgan fingerprint density at radius 1 is 1.14 bits per heavy atom. The quantitative estimate of drug-likeness (QED) is 0.738. The van der Waals surface area contributed by atoms with Crippen molar-refractivity contribution in [3.63, 3.8) is 0 Å². The Morgan fingerprint density at radius 2 is 1.96 bits per heavy atom. The van der Waals surface area contributed by atoms with Gasteiger partial charge in [-0.2, -0.15) is 5.10 Å². The molecule has 4 rings (SSSR count). The van der Waals surface area contributed by atoms with Gasteiger partial charge >= 0.3 is 0 Å². The maximum atomic E-state index is 12.4. The molecule has 1 aromatic heterocycles. The number of anilines is 1. The summed E-state index contributed by atoms with van der Waals surface area (Å²) in [6.45, 7) is 2.32. The Balaban J connectivity index is 1.31. The van der Waals surface area contributed by atoms with Gasteiger partial charge in [-0.1, -0.05) is 30.3 Å². The van der Waals surface area contributed by atoms with Crippen LogP contribution in [0.2, 0.25) is 0 Å². The van der Waals surface area contributed by atoms with Crippen molar-refractivity contribution in [2.45, 2.75) is 26.2 Å². The topological polar surface area (TPSA) is 87.8 Å². The summed E-state index contributed by atoms with van der Waals surface area (Å²) in [5.41, 5.74) is 3.91. The monoisotopic (exact) mass is 376 g/mol. The summed E-state index contributed by atoms with van der Waals surface area (Å²) in [7, 11) is 0. The molecule has 7 heteroatoms. The van der Waals surface area contributed by atoms with Crippen LogP contribution in [0.5, 0.6) is 0 Å². The zero-order valence-electron chi connectivity index (χ0n) is 15.5. The van der Waals surface area contributed by atoms with Crippen molar-refractivity contribution >= 4 is 34.3 Å². The van der Waals surface area contributed by atoms with E-state index in [1.54, 1.807) is 25.1 Å². The first kappa shape index (κ1) is 17.9. The number of fused-ring (bicyclic) bond motifs is 1. The van der Waals surface area contributed by atoms with Crippen LogP contribution in [-0.2, 0) is 9.59 Å². The average Bonchev–Trinajstić information content (AvgIpc) is 3.32. The van der Waals surface area contributed by atoms with Gasteiger partial charge in [0.1, 0.15) is 5.52 Å². The molecule has 0 spiro atoms. The first-order valence-corrected chi connectivity index (χ1v) is 9.19. The molecule has 28 heavy (non-hydrogen) atoms. The van der Waals surface area contributed by atoms with Gasteiger partial charge in [-0.3, -0.25) is 9.59 Å². The summed E-state index contributed by atoms with van der Waals surface area (Å²) in [6, 6.07) is 15.1. The van der Waals surface area contributed by atoms with Gasteiger partial charge in [-0.05, 0) is 23.8 Å². The number of hydrogen-bond acceptors (Lipinski definition) is 5. The van der Waals surface area contributed by atoms with Crippen LogP contribution < -0.4 is 5.32 Å². The van der Waals surface area contributed by atoms with Crippen molar-refractivity contribution in [2.75, 3.05) is 11.9 Å². The van der Waals surface area contributed by atoms with E-state index in [9.17, 15) is 9.59 Å². The molecule has 0 radical (unpaired) electrons. The maximum Gasteiger partial charge on any atom is 0.243 e. The Bertz CT molecular complexity index is 1060. The van der Waals surface area contributed by atoms with E-state index in [0.717, 1.165) is 17.7 Å². The maximum absolute atomic E-state index is 12.4. The molecule has 0 unspecified atom stereocenters. The van der Waals surface area contributed by atoms with Crippen LogP contribution in [0.15, 0.2) is 58.0 Å². The zero-order valence-corrected chi connectivity index (χ0v) is 15.5. The summed E-state index contributed by atoms with van der Waals surface area (Å²) in [5, 5.41) is 8.66. The van der Waals surface area contributed by atoms with Crippen LogP contribution in [0.25, 0.3) is 11.1 Å². The lowest BCUT2D eigenvalue weighted by molar-refractivity contribution is -0.132. The molecule has 3 aromatic rings. The van der Waals surface area contributed by atoms with E-state index in [0.29, 0.717) is 29.2 Å². The summed E-state index contributed by atoms with van der Waals surface area (Å²) >= 11 is 0. The molecule has 0 aliphatic carbocycles. The minimum atomic E-state index is -0.223. The van der Waals surface area contributed by atoms with E-state index in [1.807, 2.05) is 30.3 Å². The second kappa shape index (κ2) is 7.64. The third kappa shape index (κ3) is 3.93. The van der Waals surface area contributed by atoms with Crippen molar-refractivity contribution in [2.24, 2.45) is 5.10 Å². The summed E-state index contributed by atoms with van der Waals surface area (Å²) < 4.78 is 5.42. The normalized spacial score (nSPS) is 13.6. The Kier molecular flexibility index (Phi) is 4.89. The molecule has 2 aromatic carbocycles. The van der Waals surface area contributed by atoms with E-state index >= 15 is 0 Å². The SMILES string of the molecule is Cc1nc2cc(NC(=O)CCC(=O)N3CCC(c4ccccc4)=N3)ccc2o1. The van der Waals surface area contributed by atoms with Crippen LogP contribution in [0.3, 0.4) is 0 Å². The largest absolute Gasteiger partial charge is 0.441 e. The molecule has 0 saturated heterocycles. The van der Waals surface area contributed by atoms with Crippen molar-refractivity contribution < 1.29 is 14.0 Å². The smallest absolute Gasteiger partial charge is 0.243 e. The van der Waals surface area contributed by atoms with Crippen LogP contribution in [0, 0.1) is 6.92 Å². The predicted molar refractivity (Wildman–Crippen MR) is 106 cm³/mol. The minimum absolute atomic E-state index is 0.0986. The number of nitrogens with one attached hydrogen (secondary N) is 1. The fourth-order valence-corrected chi connectivity index (χ4v) is 3.16. The standard InChI is InChI=1S/C21H20N4O3/c1-14-22-18-13-16(7-8-19(18)28-14)23-20(26)9-10-21(27)25-12-11-17(24-25)15-5-3-2-4-6-15/h2-8,13H,9-12H2,1H3,(H,23,26). The lowest BCUT2D eigenvalue weighted by Gasteiger charge is -2.11. The highest BCUT2D eigenvalue weighted by Gasteiger charge is 2.22. The van der Waals surface area contributed by atoms with E-state index < -0.39 is 0 Å². The van der Waals surface area contributed by atoms with E-state index in [-0.39, 0.29) is 24.7 Å². The molecule has 0 fully saturated rings. The molecule has 1 aliphatic rings. The number of aromatic nitrogens is 1. The number of nitrogens with zero attached hydrogens (tertiary/aromatic N) is 3. The molecular weight excluding hydrogens is 356 g/mol.